The van der Waals surface area contributed by atoms with Crippen molar-refractivity contribution >= 4 is 27.1 Å². The van der Waals surface area contributed by atoms with Crippen molar-refractivity contribution in [1.82, 2.24) is 19.2 Å². The first-order valence-electron chi connectivity index (χ1n) is 9.92. The van der Waals surface area contributed by atoms with E-state index in [1.807, 2.05) is 0 Å². The molecular formula is C21H13ClF6N4O3S. The lowest BCUT2D eigenvalue weighted by Gasteiger charge is -2.13. The summed E-state index contributed by atoms with van der Waals surface area (Å²) in [5.74, 6) is -1.02. The monoisotopic (exact) mass is 550 g/mol. The van der Waals surface area contributed by atoms with Crippen LogP contribution in [-0.2, 0) is 22.2 Å². The molecule has 36 heavy (non-hydrogen) atoms. The Bertz CT molecular complexity index is 1660. The summed E-state index contributed by atoms with van der Waals surface area (Å²) in [6.07, 6.45) is -7.96. The highest BCUT2D eigenvalue weighted by molar-refractivity contribution is 7.91. The van der Waals surface area contributed by atoms with E-state index in [1.54, 1.807) is 0 Å². The number of aromatic nitrogens is 4. The van der Waals surface area contributed by atoms with Gasteiger partial charge in [0.15, 0.2) is 21.3 Å². The van der Waals surface area contributed by atoms with Gasteiger partial charge < -0.3 is 0 Å². The maximum absolute atomic E-state index is 13.2. The lowest BCUT2D eigenvalue weighted by molar-refractivity contribution is -0.138. The van der Waals surface area contributed by atoms with Crippen LogP contribution >= 0.6 is 11.6 Å². The van der Waals surface area contributed by atoms with Crippen LogP contribution in [0.25, 0.3) is 22.6 Å². The second-order valence-corrected chi connectivity index (χ2v) is 10.1. The fraction of sp³-hybridized carbons (Fsp3) is 0.190. The Kier molecular flexibility index (Phi) is 6.15. The largest absolute Gasteiger partial charge is 0.417 e. The number of halogens is 7. The molecule has 3 aromatic heterocycles. The predicted molar refractivity (Wildman–Crippen MR) is 117 cm³/mol. The fourth-order valence-corrected chi connectivity index (χ4v) is 4.59. The molecule has 7 nitrogen and oxygen atoms in total. The minimum atomic E-state index is -4.75. The number of fused-ring (bicyclic) bond motifs is 1. The zero-order valence-corrected chi connectivity index (χ0v) is 19.5. The van der Waals surface area contributed by atoms with Gasteiger partial charge in [-0.15, -0.1) is 5.10 Å². The Morgan fingerprint density at radius 2 is 1.61 bits per heavy atom. The van der Waals surface area contributed by atoms with Crippen molar-refractivity contribution in [2.75, 3.05) is 5.75 Å². The number of rotatable bonds is 4. The molecule has 0 radical (unpaired) electrons. The number of hydrogen-bond acceptors (Lipinski definition) is 5. The van der Waals surface area contributed by atoms with Crippen LogP contribution in [-0.4, -0.2) is 33.3 Å². The van der Waals surface area contributed by atoms with E-state index in [0.717, 1.165) is 36.5 Å². The van der Waals surface area contributed by atoms with E-state index >= 15 is 0 Å². The van der Waals surface area contributed by atoms with E-state index in [4.69, 9.17) is 11.6 Å². The topological polar surface area (TPSA) is 86.3 Å². The molecule has 0 amide bonds. The third kappa shape index (κ3) is 4.57. The smallest absolute Gasteiger partial charge is 0.249 e. The van der Waals surface area contributed by atoms with Gasteiger partial charge in [0.25, 0.3) is 0 Å². The summed E-state index contributed by atoms with van der Waals surface area (Å²) in [5.41, 5.74) is -3.81. The lowest BCUT2D eigenvalue weighted by Crippen LogP contribution is -2.23. The Morgan fingerprint density at radius 3 is 2.22 bits per heavy atom. The molecule has 4 aromatic rings. The Labute approximate surface area is 203 Å². The molecule has 0 atom stereocenters. The third-order valence-corrected chi connectivity index (χ3v) is 7.26. The molecule has 0 aliphatic heterocycles. The molecule has 0 bridgehead atoms. The SMILES string of the molecule is CCS(=O)(=O)c1cc(-c2cc(C(F)(F)F)ccc2Cl)cnc1-n1nc2ccc(C(F)(F)F)cn2c1=O. The van der Waals surface area contributed by atoms with Gasteiger partial charge in [0.2, 0.25) is 0 Å². The van der Waals surface area contributed by atoms with E-state index < -0.39 is 55.5 Å². The first kappa shape index (κ1) is 25.7. The fourth-order valence-electron chi connectivity index (χ4n) is 3.33. The van der Waals surface area contributed by atoms with Gasteiger partial charge in [0.1, 0.15) is 4.90 Å². The Morgan fingerprint density at radius 1 is 0.972 bits per heavy atom. The third-order valence-electron chi connectivity index (χ3n) is 5.20. The highest BCUT2D eigenvalue weighted by Gasteiger charge is 2.33. The van der Waals surface area contributed by atoms with E-state index in [1.165, 1.54) is 6.92 Å². The van der Waals surface area contributed by atoms with E-state index in [-0.39, 0.29) is 21.8 Å². The van der Waals surface area contributed by atoms with Gasteiger partial charge in [-0.2, -0.15) is 31.0 Å². The van der Waals surface area contributed by atoms with Gasteiger partial charge in [0, 0.05) is 28.5 Å². The molecule has 0 spiro atoms. The van der Waals surface area contributed by atoms with Gasteiger partial charge in [-0.05, 0) is 36.4 Å². The molecular weight excluding hydrogens is 538 g/mol. The van der Waals surface area contributed by atoms with Crippen molar-refractivity contribution in [3.05, 3.63) is 75.4 Å². The van der Waals surface area contributed by atoms with Crippen LogP contribution in [0, 0.1) is 0 Å². The molecule has 15 heteroatoms. The molecule has 3 heterocycles. The zero-order valence-electron chi connectivity index (χ0n) is 17.9. The number of sulfone groups is 1. The van der Waals surface area contributed by atoms with Gasteiger partial charge in [0.05, 0.1) is 16.9 Å². The molecule has 0 N–H and O–H groups in total. The highest BCUT2D eigenvalue weighted by Crippen LogP contribution is 2.37. The summed E-state index contributed by atoms with van der Waals surface area (Å²) in [5, 5.41) is 3.76. The summed E-state index contributed by atoms with van der Waals surface area (Å²) in [4.78, 5) is 16.2. The van der Waals surface area contributed by atoms with Crippen LogP contribution in [0.5, 0.6) is 0 Å². The number of hydrogen-bond donors (Lipinski definition) is 0. The van der Waals surface area contributed by atoms with Gasteiger partial charge >= 0.3 is 18.0 Å². The van der Waals surface area contributed by atoms with Crippen LogP contribution in [0.1, 0.15) is 18.1 Å². The van der Waals surface area contributed by atoms with Crippen molar-refractivity contribution < 1.29 is 34.8 Å². The molecule has 1 aromatic carbocycles. The second-order valence-electron chi connectivity index (χ2n) is 7.48. The first-order valence-corrected chi connectivity index (χ1v) is 12.0. The van der Waals surface area contributed by atoms with E-state index in [0.29, 0.717) is 21.3 Å². The summed E-state index contributed by atoms with van der Waals surface area (Å²) in [6.45, 7) is 1.28. The van der Waals surface area contributed by atoms with Crippen LogP contribution in [0.15, 0.2) is 58.5 Å². The summed E-state index contributed by atoms with van der Waals surface area (Å²) < 4.78 is 106. The molecule has 0 aliphatic carbocycles. The minimum absolute atomic E-state index is 0.0990. The van der Waals surface area contributed by atoms with E-state index in [9.17, 15) is 39.6 Å². The maximum Gasteiger partial charge on any atom is 0.417 e. The number of alkyl halides is 6. The average molecular weight is 551 g/mol. The zero-order chi connectivity index (χ0) is 26.6. The van der Waals surface area contributed by atoms with E-state index in [2.05, 4.69) is 10.1 Å². The molecule has 190 valence electrons. The van der Waals surface area contributed by atoms with Gasteiger partial charge in [-0.25, -0.2) is 22.6 Å². The van der Waals surface area contributed by atoms with Gasteiger partial charge in [-0.3, -0.25) is 0 Å². The average Bonchev–Trinajstić information content (AvgIpc) is 3.13. The molecule has 0 fully saturated rings. The van der Waals surface area contributed by atoms with Crippen LogP contribution in [0.2, 0.25) is 5.02 Å². The molecule has 0 saturated heterocycles. The van der Waals surface area contributed by atoms with Crippen molar-refractivity contribution in [2.45, 2.75) is 24.2 Å². The lowest BCUT2D eigenvalue weighted by atomic mass is 10.0. The number of pyridine rings is 2. The number of nitrogens with zero attached hydrogens (tertiary/aromatic N) is 4. The summed E-state index contributed by atoms with van der Waals surface area (Å²) in [7, 11) is -4.16. The van der Waals surface area contributed by atoms with Crippen molar-refractivity contribution in [3.63, 3.8) is 0 Å². The molecule has 0 aliphatic rings. The standard InChI is InChI=1S/C21H13ClF6N4O3S/c1-2-36(34,35)16-7-11(14-8-12(20(23,24)25)3-5-15(14)22)9-29-18(16)32-19(33)31-10-13(21(26,27)28)4-6-17(31)30-32/h3-10H,2H2,1H3. The maximum atomic E-state index is 13.2. The van der Waals surface area contributed by atoms with Crippen LogP contribution in [0.3, 0.4) is 0 Å². The minimum Gasteiger partial charge on any atom is -0.249 e. The predicted octanol–water partition coefficient (Wildman–Crippen LogP) is 5.03. The van der Waals surface area contributed by atoms with Crippen LogP contribution in [0.4, 0.5) is 26.3 Å². The molecule has 0 saturated carbocycles. The van der Waals surface area contributed by atoms with Crippen LogP contribution < -0.4 is 5.69 Å². The first-order chi connectivity index (χ1) is 16.6. The Hall–Kier alpha value is -3.39. The van der Waals surface area contributed by atoms with Crippen molar-refractivity contribution in [3.8, 4) is 16.9 Å². The highest BCUT2D eigenvalue weighted by atomic mass is 35.5. The number of benzene rings is 1. The van der Waals surface area contributed by atoms with Crippen molar-refractivity contribution in [1.29, 1.82) is 0 Å². The normalized spacial score (nSPS) is 12.9. The molecule has 4 rings (SSSR count). The summed E-state index contributed by atoms with van der Waals surface area (Å²) in [6, 6.07) is 5.07. The quantitative estimate of drug-likeness (QED) is 0.333. The summed E-state index contributed by atoms with van der Waals surface area (Å²) >= 11 is 6.06. The van der Waals surface area contributed by atoms with Gasteiger partial charge in [-0.1, -0.05) is 18.5 Å². The second kappa shape index (κ2) is 8.62. The molecule has 0 unspecified atom stereocenters. The van der Waals surface area contributed by atoms with Crippen molar-refractivity contribution in [2.24, 2.45) is 0 Å². The Balaban J connectivity index is 1.96.